The van der Waals surface area contributed by atoms with Gasteiger partial charge in [0, 0.05) is 54.3 Å². The van der Waals surface area contributed by atoms with Gasteiger partial charge in [-0.25, -0.2) is 24.3 Å². The Morgan fingerprint density at radius 1 is 0.797 bits per heavy atom. The van der Waals surface area contributed by atoms with Crippen LogP contribution in [0.1, 0.15) is 54.8 Å². The van der Waals surface area contributed by atoms with Gasteiger partial charge in [0.1, 0.15) is 59.8 Å². The molecule has 356 valence electrons. The number of carboxylic acid groups (broad SMARTS) is 1. The average Bonchev–Trinajstić information content (AvgIpc) is 3.62. The summed E-state index contributed by atoms with van der Waals surface area (Å²) >= 11 is 11.9. The summed E-state index contributed by atoms with van der Waals surface area (Å²) < 4.78 is 36.7. The van der Waals surface area contributed by atoms with E-state index in [1.165, 1.54) is 0 Å². The van der Waals surface area contributed by atoms with Crippen molar-refractivity contribution in [1.82, 2.24) is 29.3 Å². The van der Waals surface area contributed by atoms with E-state index in [9.17, 15) is 14.7 Å². The van der Waals surface area contributed by atoms with Gasteiger partial charge in [-0.05, 0) is 93.9 Å². The van der Waals surface area contributed by atoms with Gasteiger partial charge in [0.25, 0.3) is 0 Å². The van der Waals surface area contributed by atoms with Crippen LogP contribution in [0.4, 0.5) is 16.2 Å². The monoisotopic (exact) mass is 974 g/mol. The van der Waals surface area contributed by atoms with Crippen LogP contribution >= 0.6 is 23.2 Å². The average molecular weight is 976 g/mol. The summed E-state index contributed by atoms with van der Waals surface area (Å²) in [6.45, 7) is 24.9. The predicted molar refractivity (Wildman–Crippen MR) is 256 cm³/mol. The van der Waals surface area contributed by atoms with Crippen LogP contribution in [0.25, 0.3) is 20.7 Å². The number of carbonyl (C=O) groups excluding carboxylic acids is 1. The normalized spacial score (nSPS) is 15.8. The van der Waals surface area contributed by atoms with Crippen molar-refractivity contribution in [3.05, 3.63) is 147 Å². The van der Waals surface area contributed by atoms with Crippen molar-refractivity contribution < 1.29 is 43.1 Å². The summed E-state index contributed by atoms with van der Waals surface area (Å²) in [5.74, 6) is 2.18. The molecule has 1 amide bonds. The van der Waals surface area contributed by atoms with E-state index >= 15 is 0 Å². The number of pyridine rings is 2. The highest BCUT2D eigenvalue weighted by atomic mass is 35.5. The summed E-state index contributed by atoms with van der Waals surface area (Å²) in [7, 11) is 0. The van der Waals surface area contributed by atoms with Gasteiger partial charge in [-0.1, -0.05) is 23.2 Å². The molecule has 0 aliphatic carbocycles. The number of hydrogen-bond acceptors (Lipinski definition) is 12. The minimum atomic E-state index is -0.956. The van der Waals surface area contributed by atoms with Crippen molar-refractivity contribution >= 4 is 57.7 Å². The number of aromatic carboxylic acids is 1. The van der Waals surface area contributed by atoms with Gasteiger partial charge >= 0.3 is 12.1 Å². The number of rotatable bonds is 15. The molecule has 0 spiro atoms. The molecule has 3 aliphatic rings. The third kappa shape index (κ3) is 12.7. The fourth-order valence-electron chi connectivity index (χ4n) is 7.48. The van der Waals surface area contributed by atoms with Crippen LogP contribution in [-0.4, -0.2) is 103 Å². The Bertz CT molecular complexity index is 2920. The highest BCUT2D eigenvalue weighted by Gasteiger charge is 2.35. The van der Waals surface area contributed by atoms with Crippen molar-refractivity contribution in [2.24, 2.45) is 0 Å². The molecule has 0 saturated carbocycles. The SMILES string of the molecule is [C-]#[N+]c1cc(Cl)ccc1OCc1cc(OC2CN(C(=O)OC(C)(C)C)C2)ccn1.[C-]#[N+]c1cc(Cl)ccc1OCc1cc(OC2CN(Cc3nc4ccc(C(=O)O)cc4n3C[C@@H]3CCO3)C2)ccn1. The van der Waals surface area contributed by atoms with E-state index < -0.39 is 11.6 Å². The smallest absolute Gasteiger partial charge is 0.410 e. The van der Waals surface area contributed by atoms with Crippen LogP contribution in [0.2, 0.25) is 10.0 Å². The second-order valence-corrected chi connectivity index (χ2v) is 18.4. The van der Waals surface area contributed by atoms with Gasteiger partial charge < -0.3 is 43.0 Å². The highest BCUT2D eigenvalue weighted by Crippen LogP contribution is 2.33. The van der Waals surface area contributed by atoms with Gasteiger partial charge in [0.2, 0.25) is 11.4 Å². The van der Waals surface area contributed by atoms with E-state index in [0.29, 0.717) is 82.0 Å². The Balaban J connectivity index is 0.000000196. The molecular weight excluding hydrogens is 928 g/mol. The van der Waals surface area contributed by atoms with Gasteiger partial charge in [0.05, 0.1) is 73.4 Å². The molecule has 19 heteroatoms. The van der Waals surface area contributed by atoms with Gasteiger partial charge in [-0.2, -0.15) is 0 Å². The van der Waals surface area contributed by atoms with E-state index in [1.54, 1.807) is 84.0 Å². The first-order valence-electron chi connectivity index (χ1n) is 22.1. The second-order valence-electron chi connectivity index (χ2n) is 17.5. The number of likely N-dealkylation sites (tertiary alicyclic amines) is 2. The summed E-state index contributed by atoms with van der Waals surface area (Å²) in [4.78, 5) is 47.7. The lowest BCUT2D eigenvalue weighted by Crippen LogP contribution is -2.57. The van der Waals surface area contributed by atoms with Crippen molar-refractivity contribution in [2.45, 2.75) is 77.4 Å². The van der Waals surface area contributed by atoms with Gasteiger partial charge in [-0.3, -0.25) is 14.9 Å². The molecule has 3 fully saturated rings. The minimum absolute atomic E-state index is 0.0209. The standard InChI is InChI=1S/C29H26ClN5O5.C21H22ClN3O4/c1-31-25-11-19(30)3-5-27(25)39-17-20-12-21(6-8-32-20)40-23-13-34(14-23)16-28-33-24-4-2-18(29(36)37)10-26(24)35(28)15-22-7-9-38-22;1-21(2,3)29-20(26)25-11-17(12-25)28-16-7-8-24-15(10-16)13-27-19-6-5-14(22)9-18(19)23-4/h2-6,8,10-12,22-23H,7,9,13-17H2,(H,36,37);5-10,17H,11-13H2,1-3H3/t22-;/m0./s1. The number of aromatic nitrogens is 4. The first-order valence-corrected chi connectivity index (χ1v) is 22.8. The number of halogens is 2. The number of nitrogens with zero attached hydrogens (tertiary/aromatic N) is 8. The Hall–Kier alpha value is -7.15. The van der Waals surface area contributed by atoms with Crippen LogP contribution in [0.15, 0.2) is 91.3 Å². The van der Waals surface area contributed by atoms with Crippen molar-refractivity contribution in [3.63, 3.8) is 0 Å². The van der Waals surface area contributed by atoms with Gasteiger partial charge in [-0.15, -0.1) is 0 Å². The molecule has 3 aromatic heterocycles. The van der Waals surface area contributed by atoms with Crippen LogP contribution in [0.3, 0.4) is 0 Å². The first kappa shape index (κ1) is 48.3. The number of fused-ring (bicyclic) bond motifs is 1. The molecule has 3 saturated heterocycles. The van der Waals surface area contributed by atoms with E-state index in [1.807, 2.05) is 32.9 Å². The summed E-state index contributed by atoms with van der Waals surface area (Å²) in [5.41, 5.74) is 3.37. The van der Waals surface area contributed by atoms with Crippen molar-refractivity contribution in [3.8, 4) is 23.0 Å². The highest BCUT2D eigenvalue weighted by molar-refractivity contribution is 6.31. The summed E-state index contributed by atoms with van der Waals surface area (Å²) in [5, 5.41) is 10.4. The van der Waals surface area contributed by atoms with E-state index in [2.05, 4.69) is 29.1 Å². The third-order valence-electron chi connectivity index (χ3n) is 11.1. The number of carboxylic acids is 1. The maximum atomic E-state index is 12.0. The summed E-state index contributed by atoms with van der Waals surface area (Å²) in [6.07, 6.45) is 4.01. The predicted octanol–water partition coefficient (Wildman–Crippen LogP) is 9.83. The molecule has 0 radical (unpaired) electrons. The van der Waals surface area contributed by atoms with E-state index in [4.69, 9.17) is 69.8 Å². The fraction of sp³-hybridized carbons (Fsp3) is 0.340. The lowest BCUT2D eigenvalue weighted by atomic mass is 10.1. The van der Waals surface area contributed by atoms with Crippen LogP contribution in [-0.2, 0) is 35.8 Å². The lowest BCUT2D eigenvalue weighted by molar-refractivity contribution is -0.0596. The molecule has 9 rings (SSSR count). The van der Waals surface area contributed by atoms with Crippen molar-refractivity contribution in [2.75, 3.05) is 32.8 Å². The van der Waals surface area contributed by atoms with E-state index in [0.717, 1.165) is 43.0 Å². The minimum Gasteiger partial charge on any atom is -0.498 e. The molecule has 17 nitrogen and oxygen atoms in total. The molecule has 3 aliphatic heterocycles. The molecule has 3 aromatic carbocycles. The zero-order valence-corrected chi connectivity index (χ0v) is 39.5. The zero-order valence-electron chi connectivity index (χ0n) is 38.0. The number of imidazole rings is 1. The number of amides is 1. The largest absolute Gasteiger partial charge is 0.498 e. The second kappa shape index (κ2) is 21.4. The van der Waals surface area contributed by atoms with Crippen LogP contribution in [0.5, 0.6) is 23.0 Å². The lowest BCUT2D eigenvalue weighted by Gasteiger charge is -2.39. The number of benzene rings is 3. The molecule has 69 heavy (non-hydrogen) atoms. The molecule has 1 atom stereocenters. The molecule has 6 aromatic rings. The molecular formula is C50H48Cl2N8O9. The maximum Gasteiger partial charge on any atom is 0.410 e. The third-order valence-corrected chi connectivity index (χ3v) is 11.5. The maximum absolute atomic E-state index is 12.0. The van der Waals surface area contributed by atoms with Crippen molar-refractivity contribution in [1.29, 1.82) is 0 Å². The fourth-order valence-corrected chi connectivity index (χ4v) is 7.81. The topological polar surface area (TPSA) is 169 Å². The Kier molecular flexibility index (Phi) is 15.0. The number of carbonyl (C=O) groups is 2. The van der Waals surface area contributed by atoms with Crippen LogP contribution in [0, 0.1) is 13.1 Å². The van der Waals surface area contributed by atoms with E-state index in [-0.39, 0.29) is 43.2 Å². The van der Waals surface area contributed by atoms with Crippen LogP contribution < -0.4 is 18.9 Å². The molecule has 1 N–H and O–H groups in total. The number of hydrogen-bond donors (Lipinski definition) is 1. The first-order chi connectivity index (χ1) is 33.2. The Labute approximate surface area is 408 Å². The Morgan fingerprint density at radius 2 is 1.36 bits per heavy atom. The molecule has 0 unspecified atom stereocenters. The molecule has 0 bridgehead atoms. The Morgan fingerprint density at radius 3 is 1.87 bits per heavy atom. The quantitative estimate of drug-likeness (QED) is 0.0967. The van der Waals surface area contributed by atoms with Gasteiger partial charge in [0.15, 0.2) is 0 Å². The summed E-state index contributed by atoms with van der Waals surface area (Å²) in [6, 6.07) is 22.1. The zero-order chi connectivity index (χ0) is 48.7. The number of ether oxygens (including phenoxy) is 6. The molecule has 6 heterocycles.